The molecule has 0 fully saturated rings. The van der Waals surface area contributed by atoms with E-state index < -0.39 is 12.1 Å². The molecule has 8 heteroatoms. The highest BCUT2D eigenvalue weighted by molar-refractivity contribution is 5.74. The Labute approximate surface area is 140 Å². The van der Waals surface area contributed by atoms with Crippen molar-refractivity contribution >= 4 is 11.9 Å². The third kappa shape index (κ3) is 4.80. The first-order valence-corrected chi connectivity index (χ1v) is 7.49. The number of hydrogen-bond donors (Lipinski definition) is 0. The van der Waals surface area contributed by atoms with Crippen molar-refractivity contribution in [3.8, 4) is 17.8 Å². The second kappa shape index (κ2) is 8.09. The van der Waals surface area contributed by atoms with E-state index in [1.165, 1.54) is 0 Å². The average Bonchev–Trinajstić information content (AvgIpc) is 2.55. The van der Waals surface area contributed by atoms with Crippen molar-refractivity contribution in [1.82, 2.24) is 15.0 Å². The first kappa shape index (κ1) is 17.5. The molecule has 24 heavy (non-hydrogen) atoms. The Kier molecular flexibility index (Phi) is 5.89. The molecule has 0 spiro atoms. The Bertz CT molecular complexity index is 679. The third-order valence-corrected chi connectivity index (χ3v) is 2.84. The van der Waals surface area contributed by atoms with Crippen LogP contribution < -0.4 is 14.4 Å². The van der Waals surface area contributed by atoms with Crippen LogP contribution in [0.25, 0.3) is 0 Å². The standard InChI is InChI=1S/C16H20N4O4/c1-5-22-13(21)11(2)23-15-17-14(20(3)4)18-16(19-15)24-12-9-7-6-8-10-12/h6-11H,5H2,1-4H3/t11-/m0/s1. The lowest BCUT2D eigenvalue weighted by Crippen LogP contribution is -2.27. The summed E-state index contributed by atoms with van der Waals surface area (Å²) in [6.45, 7) is 3.56. The summed E-state index contributed by atoms with van der Waals surface area (Å²) in [5.74, 6) is 0.439. The van der Waals surface area contributed by atoms with Crippen LogP contribution in [0.5, 0.6) is 17.8 Å². The van der Waals surface area contributed by atoms with Crippen molar-refractivity contribution < 1.29 is 19.0 Å². The van der Waals surface area contributed by atoms with E-state index in [4.69, 9.17) is 14.2 Å². The maximum absolute atomic E-state index is 11.7. The third-order valence-electron chi connectivity index (χ3n) is 2.84. The maximum Gasteiger partial charge on any atom is 0.347 e. The van der Waals surface area contributed by atoms with Gasteiger partial charge in [0.25, 0.3) is 0 Å². The van der Waals surface area contributed by atoms with Crippen molar-refractivity contribution in [1.29, 1.82) is 0 Å². The number of carbonyl (C=O) groups is 1. The van der Waals surface area contributed by atoms with Gasteiger partial charge in [0.1, 0.15) is 5.75 Å². The van der Waals surface area contributed by atoms with Crippen LogP contribution in [0.3, 0.4) is 0 Å². The van der Waals surface area contributed by atoms with Crippen molar-refractivity contribution in [2.75, 3.05) is 25.6 Å². The van der Waals surface area contributed by atoms with Crippen molar-refractivity contribution in [2.24, 2.45) is 0 Å². The molecule has 128 valence electrons. The van der Waals surface area contributed by atoms with Crippen LogP contribution in [0.4, 0.5) is 5.95 Å². The largest absolute Gasteiger partial charge is 0.463 e. The van der Waals surface area contributed by atoms with Crippen LogP contribution >= 0.6 is 0 Å². The Morgan fingerprint density at radius 1 is 1.12 bits per heavy atom. The van der Waals surface area contributed by atoms with Gasteiger partial charge in [-0.25, -0.2) is 4.79 Å². The van der Waals surface area contributed by atoms with Gasteiger partial charge in [-0.3, -0.25) is 0 Å². The normalized spacial score (nSPS) is 11.5. The lowest BCUT2D eigenvalue weighted by molar-refractivity contribution is -0.150. The summed E-state index contributed by atoms with van der Waals surface area (Å²) in [7, 11) is 3.56. The predicted octanol–water partition coefficient (Wildman–Crippen LogP) is 2.06. The van der Waals surface area contributed by atoms with Crippen molar-refractivity contribution in [3.63, 3.8) is 0 Å². The molecule has 1 heterocycles. The van der Waals surface area contributed by atoms with Crippen LogP contribution in [0.15, 0.2) is 30.3 Å². The summed E-state index contributed by atoms with van der Waals surface area (Å²) in [5.41, 5.74) is 0. The minimum absolute atomic E-state index is 0.0137. The zero-order valence-electron chi connectivity index (χ0n) is 14.1. The monoisotopic (exact) mass is 332 g/mol. The van der Waals surface area contributed by atoms with Gasteiger partial charge in [-0.1, -0.05) is 18.2 Å². The lowest BCUT2D eigenvalue weighted by Gasteiger charge is -2.15. The summed E-state index contributed by atoms with van der Waals surface area (Å²) < 4.78 is 16.0. The molecular weight excluding hydrogens is 312 g/mol. The van der Waals surface area contributed by atoms with Crippen LogP contribution in [0.1, 0.15) is 13.8 Å². The molecule has 0 unspecified atom stereocenters. The number of para-hydroxylation sites is 1. The number of benzene rings is 1. The summed E-state index contributed by atoms with van der Waals surface area (Å²) in [6, 6.07) is 9.17. The van der Waals surface area contributed by atoms with Crippen LogP contribution in [-0.2, 0) is 9.53 Å². The number of ether oxygens (including phenoxy) is 3. The minimum Gasteiger partial charge on any atom is -0.463 e. The second-order valence-corrected chi connectivity index (χ2v) is 5.02. The highest BCUT2D eigenvalue weighted by Gasteiger charge is 2.19. The highest BCUT2D eigenvalue weighted by Crippen LogP contribution is 2.21. The van der Waals surface area contributed by atoms with Gasteiger partial charge in [-0.15, -0.1) is 4.98 Å². The van der Waals surface area contributed by atoms with Crippen LogP contribution in [0.2, 0.25) is 0 Å². The fourth-order valence-electron chi connectivity index (χ4n) is 1.69. The number of carbonyl (C=O) groups excluding carboxylic acids is 1. The maximum atomic E-state index is 11.7. The molecule has 1 atom stereocenters. The van der Waals surface area contributed by atoms with E-state index in [1.54, 1.807) is 45.0 Å². The first-order valence-electron chi connectivity index (χ1n) is 7.49. The summed E-state index contributed by atoms with van der Waals surface area (Å²) in [5, 5.41) is 0. The molecule has 0 bridgehead atoms. The molecule has 0 N–H and O–H groups in total. The van der Waals surface area contributed by atoms with Gasteiger partial charge in [0, 0.05) is 14.1 Å². The summed E-state index contributed by atoms with van der Waals surface area (Å²) in [4.78, 5) is 25.8. The number of esters is 1. The Balaban J connectivity index is 2.22. The zero-order valence-corrected chi connectivity index (χ0v) is 14.1. The lowest BCUT2D eigenvalue weighted by atomic mass is 10.3. The molecule has 0 saturated heterocycles. The smallest absolute Gasteiger partial charge is 0.347 e. The molecular formula is C16H20N4O4. The molecule has 8 nitrogen and oxygen atoms in total. The quantitative estimate of drug-likeness (QED) is 0.712. The molecule has 1 aromatic heterocycles. The second-order valence-electron chi connectivity index (χ2n) is 5.02. The van der Waals surface area contributed by atoms with E-state index in [1.807, 2.05) is 18.2 Å². The Hall–Kier alpha value is -2.90. The molecule has 0 radical (unpaired) electrons. The first-order chi connectivity index (χ1) is 11.5. The van der Waals surface area contributed by atoms with Crippen molar-refractivity contribution in [3.05, 3.63) is 30.3 Å². The van der Waals surface area contributed by atoms with Gasteiger partial charge < -0.3 is 19.1 Å². The fourth-order valence-corrected chi connectivity index (χ4v) is 1.69. The minimum atomic E-state index is -0.841. The van der Waals surface area contributed by atoms with Gasteiger partial charge in [-0.2, -0.15) is 9.97 Å². The van der Waals surface area contributed by atoms with Gasteiger partial charge in [-0.05, 0) is 26.0 Å². The number of anilines is 1. The molecule has 0 saturated carbocycles. The fraction of sp³-hybridized carbons (Fsp3) is 0.375. The van der Waals surface area contributed by atoms with E-state index in [0.29, 0.717) is 11.7 Å². The SMILES string of the molecule is CCOC(=O)[C@H](C)Oc1nc(Oc2ccccc2)nc(N(C)C)n1. The Morgan fingerprint density at radius 3 is 2.42 bits per heavy atom. The Morgan fingerprint density at radius 2 is 1.79 bits per heavy atom. The number of hydrogen-bond acceptors (Lipinski definition) is 8. The van der Waals surface area contributed by atoms with E-state index >= 15 is 0 Å². The molecule has 2 rings (SSSR count). The van der Waals surface area contributed by atoms with E-state index in [0.717, 1.165) is 0 Å². The number of nitrogens with zero attached hydrogens (tertiary/aromatic N) is 4. The van der Waals surface area contributed by atoms with E-state index in [9.17, 15) is 4.79 Å². The van der Waals surface area contributed by atoms with E-state index in [-0.39, 0.29) is 18.6 Å². The van der Waals surface area contributed by atoms with Gasteiger partial charge >= 0.3 is 18.0 Å². The van der Waals surface area contributed by atoms with Gasteiger partial charge in [0.2, 0.25) is 5.95 Å². The van der Waals surface area contributed by atoms with Crippen LogP contribution in [-0.4, -0.2) is 47.7 Å². The summed E-state index contributed by atoms with van der Waals surface area (Å²) >= 11 is 0. The molecule has 1 aromatic carbocycles. The topological polar surface area (TPSA) is 86.7 Å². The molecule has 0 aliphatic rings. The molecule has 2 aromatic rings. The zero-order chi connectivity index (χ0) is 17.5. The molecule has 0 amide bonds. The highest BCUT2D eigenvalue weighted by atomic mass is 16.6. The molecule has 0 aliphatic carbocycles. The average molecular weight is 332 g/mol. The predicted molar refractivity (Wildman–Crippen MR) is 87.4 cm³/mol. The number of aromatic nitrogens is 3. The van der Waals surface area contributed by atoms with Gasteiger partial charge in [0.05, 0.1) is 6.61 Å². The molecule has 0 aliphatic heterocycles. The van der Waals surface area contributed by atoms with Crippen molar-refractivity contribution in [2.45, 2.75) is 20.0 Å². The van der Waals surface area contributed by atoms with E-state index in [2.05, 4.69) is 15.0 Å². The van der Waals surface area contributed by atoms with Gasteiger partial charge in [0.15, 0.2) is 6.10 Å². The summed E-state index contributed by atoms with van der Waals surface area (Å²) in [6.07, 6.45) is -0.841. The number of rotatable bonds is 7. The van der Waals surface area contributed by atoms with Crippen LogP contribution in [0, 0.1) is 0 Å².